The molecule has 0 aliphatic carbocycles. The average Bonchev–Trinajstić information content (AvgIpc) is 2.73. The number of aryl methyl sites for hydroxylation is 2. The summed E-state index contributed by atoms with van der Waals surface area (Å²) in [7, 11) is 1.92. The minimum atomic E-state index is 0.471. The summed E-state index contributed by atoms with van der Waals surface area (Å²) in [6.07, 6.45) is 2.21. The van der Waals surface area contributed by atoms with E-state index in [0.29, 0.717) is 11.3 Å². The van der Waals surface area contributed by atoms with Gasteiger partial charge in [0.2, 0.25) is 0 Å². The van der Waals surface area contributed by atoms with Gasteiger partial charge in [0.25, 0.3) is 0 Å². The van der Waals surface area contributed by atoms with Crippen molar-refractivity contribution in [2.24, 2.45) is 7.05 Å². The van der Waals surface area contributed by atoms with Crippen LogP contribution in [0.15, 0.2) is 0 Å². The lowest BCUT2D eigenvalue weighted by molar-refractivity contribution is 0.489. The third-order valence-corrected chi connectivity index (χ3v) is 7.93. The van der Waals surface area contributed by atoms with Crippen LogP contribution in [0, 0.1) is 6.92 Å². The van der Waals surface area contributed by atoms with Crippen LogP contribution >= 0.6 is 35.1 Å². The second-order valence-corrected chi connectivity index (χ2v) is 8.49. The highest BCUT2D eigenvalue weighted by Crippen LogP contribution is 2.36. The Balaban J connectivity index is 2.18. The molecule has 21 heavy (non-hydrogen) atoms. The van der Waals surface area contributed by atoms with Crippen molar-refractivity contribution in [3.05, 3.63) is 16.4 Å². The summed E-state index contributed by atoms with van der Waals surface area (Å²) in [6, 6.07) is 0.471. The molecule has 3 unspecified atom stereocenters. The predicted octanol–water partition coefficient (Wildman–Crippen LogP) is 3.53. The maximum absolute atomic E-state index is 6.43. The molecule has 0 spiro atoms. The third kappa shape index (κ3) is 4.12. The van der Waals surface area contributed by atoms with Gasteiger partial charge in [-0.15, -0.1) is 0 Å². The van der Waals surface area contributed by atoms with E-state index in [1.807, 2.05) is 7.05 Å². The van der Waals surface area contributed by atoms with Crippen LogP contribution in [0.5, 0.6) is 0 Å². The second kappa shape index (κ2) is 8.14. The first-order valence-corrected chi connectivity index (χ1v) is 10.2. The third-order valence-electron chi connectivity index (χ3n) is 4.05. The van der Waals surface area contributed by atoms with Crippen molar-refractivity contribution in [1.82, 2.24) is 15.1 Å². The molecule has 2 rings (SSSR count). The van der Waals surface area contributed by atoms with Gasteiger partial charge in [0.15, 0.2) is 0 Å². The first kappa shape index (κ1) is 17.5. The highest BCUT2D eigenvalue weighted by atomic mass is 35.5. The molecule has 3 nitrogen and oxygen atoms in total. The number of halogens is 1. The Bertz CT molecular complexity index is 464. The maximum atomic E-state index is 6.43. The number of hydrogen-bond acceptors (Lipinski definition) is 4. The van der Waals surface area contributed by atoms with Gasteiger partial charge in [0, 0.05) is 40.7 Å². The quantitative estimate of drug-likeness (QED) is 0.852. The van der Waals surface area contributed by atoms with Gasteiger partial charge in [0.1, 0.15) is 5.15 Å². The summed E-state index contributed by atoms with van der Waals surface area (Å²) < 4.78 is 1.79. The Morgan fingerprint density at radius 2 is 2.10 bits per heavy atom. The number of hydrogen-bond donors (Lipinski definition) is 1. The van der Waals surface area contributed by atoms with E-state index in [2.05, 4.69) is 54.7 Å². The molecule has 1 saturated heterocycles. The lowest BCUT2D eigenvalue weighted by Gasteiger charge is -2.36. The summed E-state index contributed by atoms with van der Waals surface area (Å²) in [4.78, 5) is 0. The lowest BCUT2D eigenvalue weighted by atomic mass is 10.0. The maximum Gasteiger partial charge on any atom is 0.130 e. The summed E-state index contributed by atoms with van der Waals surface area (Å²) in [5, 5.41) is 10.3. The van der Waals surface area contributed by atoms with Crippen LogP contribution < -0.4 is 5.32 Å². The van der Waals surface area contributed by atoms with Crippen LogP contribution in [0.4, 0.5) is 0 Å². The monoisotopic (exact) mass is 347 g/mol. The normalized spacial score (nSPS) is 24.2. The molecule has 1 N–H and O–H groups in total. The molecule has 0 bridgehead atoms. The second-order valence-electron chi connectivity index (χ2n) is 5.50. The molecule has 0 aromatic carbocycles. The van der Waals surface area contributed by atoms with Crippen LogP contribution in [-0.4, -0.2) is 44.4 Å². The summed E-state index contributed by atoms with van der Waals surface area (Å²) in [6.45, 7) is 7.55. The van der Waals surface area contributed by atoms with E-state index in [1.165, 1.54) is 23.5 Å². The number of likely N-dealkylation sites (N-methyl/N-ethyl adjacent to an activating group) is 1. The average molecular weight is 348 g/mol. The van der Waals surface area contributed by atoms with Gasteiger partial charge in [-0.25, -0.2) is 0 Å². The first-order valence-electron chi connectivity index (χ1n) is 7.73. The number of aromatic nitrogens is 2. The van der Waals surface area contributed by atoms with Gasteiger partial charge in [-0.1, -0.05) is 25.4 Å². The molecular weight excluding hydrogens is 322 g/mol. The zero-order valence-corrected chi connectivity index (χ0v) is 15.7. The Morgan fingerprint density at radius 3 is 2.67 bits per heavy atom. The minimum Gasteiger partial charge on any atom is -0.313 e. The van der Waals surface area contributed by atoms with Crippen LogP contribution in [0.1, 0.15) is 31.5 Å². The lowest BCUT2D eigenvalue weighted by Crippen LogP contribution is -2.46. The number of rotatable bonds is 6. The summed E-state index contributed by atoms with van der Waals surface area (Å²) in [5.74, 6) is 2.54. The van der Waals surface area contributed by atoms with Crippen LogP contribution in [0.3, 0.4) is 0 Å². The zero-order valence-electron chi connectivity index (χ0n) is 13.4. The van der Waals surface area contributed by atoms with Gasteiger partial charge in [-0.2, -0.15) is 28.6 Å². The van der Waals surface area contributed by atoms with E-state index >= 15 is 0 Å². The largest absolute Gasteiger partial charge is 0.313 e. The fourth-order valence-corrected chi connectivity index (χ4v) is 6.52. The van der Waals surface area contributed by atoms with E-state index in [1.54, 1.807) is 4.68 Å². The number of nitrogens with zero attached hydrogens (tertiary/aromatic N) is 2. The standard InChI is InChI=1S/C15H26ClN3S2/c1-5-13-14(21-8-7-20-13)12(17-6-2)9-11-10(3)18-19(4)15(11)16/h12-14,17H,5-9H2,1-4H3. The highest BCUT2D eigenvalue weighted by molar-refractivity contribution is 8.07. The van der Waals surface area contributed by atoms with Crippen molar-refractivity contribution in [3.63, 3.8) is 0 Å². The van der Waals surface area contributed by atoms with Crippen molar-refractivity contribution in [2.75, 3.05) is 18.1 Å². The van der Waals surface area contributed by atoms with E-state index < -0.39 is 0 Å². The highest BCUT2D eigenvalue weighted by Gasteiger charge is 2.32. The minimum absolute atomic E-state index is 0.471. The van der Waals surface area contributed by atoms with Gasteiger partial charge >= 0.3 is 0 Å². The summed E-state index contributed by atoms with van der Waals surface area (Å²) in [5.41, 5.74) is 2.27. The molecule has 1 aromatic heterocycles. The molecule has 1 fully saturated rings. The van der Waals surface area contributed by atoms with Crippen LogP contribution in [-0.2, 0) is 13.5 Å². The topological polar surface area (TPSA) is 29.9 Å². The van der Waals surface area contributed by atoms with Crippen LogP contribution in [0.25, 0.3) is 0 Å². The SMILES string of the molecule is CCNC(Cc1c(C)nn(C)c1Cl)C1SCCSC1CC. The molecule has 0 amide bonds. The molecule has 0 saturated carbocycles. The molecule has 1 aliphatic heterocycles. The number of nitrogens with one attached hydrogen (secondary N) is 1. The fourth-order valence-electron chi connectivity index (χ4n) is 3.00. The van der Waals surface area contributed by atoms with E-state index in [-0.39, 0.29) is 0 Å². The van der Waals surface area contributed by atoms with Crippen molar-refractivity contribution >= 4 is 35.1 Å². The molecule has 0 radical (unpaired) electrons. The first-order chi connectivity index (χ1) is 10.1. The van der Waals surface area contributed by atoms with Crippen molar-refractivity contribution in [1.29, 1.82) is 0 Å². The molecule has 2 heterocycles. The van der Waals surface area contributed by atoms with Crippen molar-refractivity contribution in [3.8, 4) is 0 Å². The van der Waals surface area contributed by atoms with Gasteiger partial charge < -0.3 is 5.32 Å². The Morgan fingerprint density at radius 1 is 1.38 bits per heavy atom. The smallest absolute Gasteiger partial charge is 0.130 e. The molecule has 1 aromatic rings. The van der Waals surface area contributed by atoms with E-state index in [4.69, 9.17) is 11.6 Å². The number of thioether (sulfide) groups is 2. The van der Waals surface area contributed by atoms with Gasteiger partial charge in [-0.3, -0.25) is 4.68 Å². The Hall–Kier alpha value is 0.160. The van der Waals surface area contributed by atoms with Gasteiger partial charge in [-0.05, 0) is 26.3 Å². The zero-order chi connectivity index (χ0) is 15.4. The molecule has 6 heteroatoms. The fraction of sp³-hybridized carbons (Fsp3) is 0.800. The predicted molar refractivity (Wildman–Crippen MR) is 96.9 cm³/mol. The summed E-state index contributed by atoms with van der Waals surface area (Å²) >= 11 is 10.7. The Labute approximate surface area is 142 Å². The molecule has 120 valence electrons. The molecule has 1 aliphatic rings. The van der Waals surface area contributed by atoms with E-state index in [0.717, 1.165) is 29.1 Å². The van der Waals surface area contributed by atoms with Crippen LogP contribution in [0.2, 0.25) is 5.15 Å². The van der Waals surface area contributed by atoms with Gasteiger partial charge in [0.05, 0.1) is 5.69 Å². The van der Waals surface area contributed by atoms with Crippen molar-refractivity contribution in [2.45, 2.75) is 50.2 Å². The van der Waals surface area contributed by atoms with E-state index in [9.17, 15) is 0 Å². The molecular formula is C15H26ClN3S2. The molecule has 3 atom stereocenters. The van der Waals surface area contributed by atoms with Crippen molar-refractivity contribution < 1.29 is 0 Å². The Kier molecular flexibility index (Phi) is 6.79.